The van der Waals surface area contributed by atoms with Crippen molar-refractivity contribution in [2.24, 2.45) is 5.73 Å². The maximum Gasteiger partial charge on any atom is 0.237 e. The van der Waals surface area contributed by atoms with Crippen LogP contribution in [0.5, 0.6) is 0 Å². The van der Waals surface area contributed by atoms with Crippen molar-refractivity contribution >= 4 is 5.91 Å². The SMILES string of the molecule is CC(C)(C)NC(=O)[C@@H]1CCCCN1C[C@@H](O)[C@@H](N)Cc1ccccc1. The van der Waals surface area contributed by atoms with Gasteiger partial charge in [0, 0.05) is 18.1 Å². The first-order chi connectivity index (χ1) is 11.8. The molecule has 2 rings (SSSR count). The Morgan fingerprint density at radius 1 is 1.32 bits per heavy atom. The predicted octanol–water partition coefficient (Wildman–Crippen LogP) is 1.69. The molecule has 1 heterocycles. The minimum absolute atomic E-state index is 0.0519. The van der Waals surface area contributed by atoms with Crippen molar-refractivity contribution in [2.75, 3.05) is 13.1 Å². The quantitative estimate of drug-likeness (QED) is 0.732. The zero-order chi connectivity index (χ0) is 18.4. The number of piperidine rings is 1. The van der Waals surface area contributed by atoms with Gasteiger partial charge in [-0.05, 0) is 52.1 Å². The van der Waals surface area contributed by atoms with Gasteiger partial charge in [-0.15, -0.1) is 0 Å². The Kier molecular flexibility index (Phi) is 6.99. The van der Waals surface area contributed by atoms with Crippen molar-refractivity contribution in [3.8, 4) is 0 Å². The van der Waals surface area contributed by atoms with Gasteiger partial charge < -0.3 is 16.2 Å². The molecule has 3 atom stereocenters. The molecule has 25 heavy (non-hydrogen) atoms. The molecular weight excluding hydrogens is 314 g/mol. The Morgan fingerprint density at radius 3 is 2.64 bits per heavy atom. The number of β-amino-alcohol motifs (C(OH)–C–C–N with tert-alkyl or cyclic N) is 1. The zero-order valence-electron chi connectivity index (χ0n) is 15.7. The average molecular weight is 348 g/mol. The number of aliphatic hydroxyl groups is 1. The largest absolute Gasteiger partial charge is 0.390 e. The topological polar surface area (TPSA) is 78.6 Å². The van der Waals surface area contributed by atoms with Crippen molar-refractivity contribution in [1.29, 1.82) is 0 Å². The van der Waals surface area contributed by atoms with Crippen LogP contribution in [0.15, 0.2) is 30.3 Å². The maximum absolute atomic E-state index is 12.6. The third kappa shape index (κ3) is 6.42. The minimum atomic E-state index is -0.650. The summed E-state index contributed by atoms with van der Waals surface area (Å²) in [5.41, 5.74) is 7.09. The van der Waals surface area contributed by atoms with Crippen LogP contribution in [0.4, 0.5) is 0 Å². The van der Waals surface area contributed by atoms with Gasteiger partial charge in [0.15, 0.2) is 0 Å². The van der Waals surface area contributed by atoms with E-state index in [0.717, 1.165) is 31.4 Å². The lowest BCUT2D eigenvalue weighted by atomic mass is 9.97. The van der Waals surface area contributed by atoms with E-state index in [4.69, 9.17) is 5.73 Å². The van der Waals surface area contributed by atoms with Crippen molar-refractivity contribution in [2.45, 2.75) is 70.2 Å². The van der Waals surface area contributed by atoms with E-state index in [9.17, 15) is 9.90 Å². The van der Waals surface area contributed by atoms with Crippen LogP contribution in [0.2, 0.25) is 0 Å². The van der Waals surface area contributed by atoms with Crippen LogP contribution in [-0.2, 0) is 11.2 Å². The van der Waals surface area contributed by atoms with E-state index in [0.29, 0.717) is 13.0 Å². The fourth-order valence-corrected chi connectivity index (χ4v) is 3.36. The number of hydrogen-bond acceptors (Lipinski definition) is 4. The number of amides is 1. The van der Waals surface area contributed by atoms with Gasteiger partial charge >= 0.3 is 0 Å². The molecule has 5 heteroatoms. The number of rotatable bonds is 6. The summed E-state index contributed by atoms with van der Waals surface area (Å²) >= 11 is 0. The molecule has 1 aliphatic rings. The summed E-state index contributed by atoms with van der Waals surface area (Å²) in [4.78, 5) is 14.7. The van der Waals surface area contributed by atoms with Gasteiger partial charge in [0.2, 0.25) is 5.91 Å². The molecule has 0 bridgehead atoms. The Hall–Kier alpha value is -1.43. The lowest BCUT2D eigenvalue weighted by Gasteiger charge is -2.38. The molecule has 1 amide bonds. The van der Waals surface area contributed by atoms with Crippen LogP contribution in [0.1, 0.15) is 45.6 Å². The summed E-state index contributed by atoms with van der Waals surface area (Å²) in [6.07, 6.45) is 2.92. The fourth-order valence-electron chi connectivity index (χ4n) is 3.36. The van der Waals surface area contributed by atoms with E-state index in [1.807, 2.05) is 51.1 Å². The molecule has 0 spiro atoms. The standard InChI is InChI=1S/C20H33N3O2/c1-20(2,3)22-19(25)17-11-7-8-12-23(17)14-18(24)16(21)13-15-9-5-4-6-10-15/h4-6,9-10,16-18,24H,7-8,11-14,21H2,1-3H3,(H,22,25)/t16-,17-,18+/m0/s1. The molecule has 0 saturated carbocycles. The molecule has 4 N–H and O–H groups in total. The summed E-state index contributed by atoms with van der Waals surface area (Å²) in [7, 11) is 0. The highest BCUT2D eigenvalue weighted by Gasteiger charge is 2.32. The monoisotopic (exact) mass is 347 g/mol. The smallest absolute Gasteiger partial charge is 0.237 e. The van der Waals surface area contributed by atoms with E-state index >= 15 is 0 Å². The molecule has 1 fully saturated rings. The number of hydrogen-bond donors (Lipinski definition) is 3. The molecule has 1 aromatic rings. The molecule has 1 aliphatic heterocycles. The molecule has 1 saturated heterocycles. The minimum Gasteiger partial charge on any atom is -0.390 e. The Morgan fingerprint density at radius 2 is 2.00 bits per heavy atom. The Bertz CT molecular complexity index is 542. The first kappa shape index (κ1) is 19.9. The van der Waals surface area contributed by atoms with Crippen LogP contribution < -0.4 is 11.1 Å². The van der Waals surface area contributed by atoms with Gasteiger partial charge in [0.1, 0.15) is 0 Å². The molecular formula is C20H33N3O2. The van der Waals surface area contributed by atoms with Crippen molar-refractivity contribution in [1.82, 2.24) is 10.2 Å². The van der Waals surface area contributed by atoms with E-state index < -0.39 is 6.10 Å². The van der Waals surface area contributed by atoms with Crippen LogP contribution in [0.3, 0.4) is 0 Å². The second-order valence-electron chi connectivity index (χ2n) is 8.17. The van der Waals surface area contributed by atoms with E-state index in [1.165, 1.54) is 0 Å². The molecule has 0 unspecified atom stereocenters. The van der Waals surface area contributed by atoms with Crippen LogP contribution in [0, 0.1) is 0 Å². The number of nitrogens with zero attached hydrogens (tertiary/aromatic N) is 1. The molecule has 5 nitrogen and oxygen atoms in total. The van der Waals surface area contributed by atoms with Gasteiger partial charge in [-0.25, -0.2) is 0 Å². The normalized spacial score (nSPS) is 21.6. The zero-order valence-corrected chi connectivity index (χ0v) is 15.7. The lowest BCUT2D eigenvalue weighted by Crippen LogP contribution is -2.56. The number of likely N-dealkylation sites (tertiary alicyclic amines) is 1. The molecule has 1 aromatic carbocycles. The lowest BCUT2D eigenvalue weighted by molar-refractivity contribution is -0.129. The Balaban J connectivity index is 1.94. The highest BCUT2D eigenvalue weighted by molar-refractivity contribution is 5.82. The fraction of sp³-hybridized carbons (Fsp3) is 0.650. The van der Waals surface area contributed by atoms with Gasteiger partial charge in [0.25, 0.3) is 0 Å². The first-order valence-electron chi connectivity index (χ1n) is 9.30. The van der Waals surface area contributed by atoms with Crippen molar-refractivity contribution in [3.63, 3.8) is 0 Å². The van der Waals surface area contributed by atoms with E-state index in [-0.39, 0.29) is 23.5 Å². The van der Waals surface area contributed by atoms with Crippen molar-refractivity contribution < 1.29 is 9.90 Å². The number of carbonyl (C=O) groups is 1. The van der Waals surface area contributed by atoms with Gasteiger partial charge in [0.05, 0.1) is 12.1 Å². The number of nitrogens with one attached hydrogen (secondary N) is 1. The number of nitrogens with two attached hydrogens (primary N) is 1. The maximum atomic E-state index is 12.6. The summed E-state index contributed by atoms with van der Waals surface area (Å²) in [5, 5.41) is 13.6. The second-order valence-corrected chi connectivity index (χ2v) is 8.17. The molecule has 140 valence electrons. The summed E-state index contributed by atoms with van der Waals surface area (Å²) in [5.74, 6) is 0.0519. The number of benzene rings is 1. The molecule has 0 aromatic heterocycles. The third-order valence-corrected chi connectivity index (χ3v) is 4.64. The van der Waals surface area contributed by atoms with Crippen LogP contribution in [-0.4, -0.2) is 52.7 Å². The van der Waals surface area contributed by atoms with Crippen molar-refractivity contribution in [3.05, 3.63) is 35.9 Å². The molecule has 0 radical (unpaired) electrons. The van der Waals surface area contributed by atoms with Crippen LogP contribution >= 0.6 is 0 Å². The third-order valence-electron chi connectivity index (χ3n) is 4.64. The summed E-state index contributed by atoms with van der Waals surface area (Å²) in [6.45, 7) is 7.24. The number of carbonyl (C=O) groups excluding carboxylic acids is 1. The first-order valence-corrected chi connectivity index (χ1v) is 9.30. The summed E-state index contributed by atoms with van der Waals surface area (Å²) < 4.78 is 0. The average Bonchev–Trinajstić information content (AvgIpc) is 2.54. The van der Waals surface area contributed by atoms with Gasteiger partial charge in [-0.2, -0.15) is 0 Å². The second kappa shape index (κ2) is 8.79. The van der Waals surface area contributed by atoms with E-state index in [2.05, 4.69) is 10.2 Å². The molecule has 0 aliphatic carbocycles. The highest BCUT2D eigenvalue weighted by atomic mass is 16.3. The summed E-state index contributed by atoms with van der Waals surface area (Å²) in [6, 6.07) is 9.46. The van der Waals surface area contributed by atoms with Gasteiger partial charge in [-0.1, -0.05) is 36.8 Å². The van der Waals surface area contributed by atoms with E-state index in [1.54, 1.807) is 0 Å². The highest BCUT2D eigenvalue weighted by Crippen LogP contribution is 2.19. The Labute approximate surface area is 151 Å². The predicted molar refractivity (Wildman–Crippen MR) is 101 cm³/mol. The van der Waals surface area contributed by atoms with Crippen LogP contribution in [0.25, 0.3) is 0 Å². The number of aliphatic hydroxyl groups excluding tert-OH is 1. The van der Waals surface area contributed by atoms with Gasteiger partial charge in [-0.3, -0.25) is 9.69 Å².